The van der Waals surface area contributed by atoms with Gasteiger partial charge in [-0.05, 0) is 67.9 Å². The van der Waals surface area contributed by atoms with Gasteiger partial charge < -0.3 is 19.7 Å². The zero-order valence-electron chi connectivity index (χ0n) is 18.2. The Hall–Kier alpha value is -3.09. The second-order valence-corrected chi connectivity index (χ2v) is 9.08. The van der Waals surface area contributed by atoms with Crippen molar-refractivity contribution in [2.45, 2.75) is 62.9 Å². The molecule has 0 spiro atoms. The molecule has 5 rings (SSSR count). The molecule has 0 unspecified atom stereocenters. The average molecular weight is 436 g/mol. The first-order valence-corrected chi connectivity index (χ1v) is 11.5. The smallest absolute Gasteiger partial charge is 0.231 e. The number of nitrogens with zero attached hydrogens (tertiary/aromatic N) is 2. The second kappa shape index (κ2) is 8.81. The number of carbonyl (C=O) groups is 2. The van der Waals surface area contributed by atoms with Crippen LogP contribution in [0, 0.1) is 0 Å². The number of nitrogens with one attached hydrogen (secondary N) is 1. The van der Waals surface area contributed by atoms with E-state index in [1.165, 1.54) is 0 Å². The highest BCUT2D eigenvalue weighted by Gasteiger charge is 2.39. The molecule has 2 amide bonds. The van der Waals surface area contributed by atoms with Gasteiger partial charge in [-0.15, -0.1) is 0 Å². The lowest BCUT2D eigenvalue weighted by atomic mass is 9.84. The van der Waals surface area contributed by atoms with Crippen LogP contribution < -0.4 is 14.8 Å². The Morgan fingerprint density at radius 2 is 2.12 bits per heavy atom. The van der Waals surface area contributed by atoms with E-state index in [0.717, 1.165) is 54.9 Å². The summed E-state index contributed by atoms with van der Waals surface area (Å²) < 4.78 is 10.9. The van der Waals surface area contributed by atoms with Crippen LogP contribution >= 0.6 is 0 Å². The quantitative estimate of drug-likeness (QED) is 0.751. The summed E-state index contributed by atoms with van der Waals surface area (Å²) in [5.41, 5.74) is 1.78. The van der Waals surface area contributed by atoms with E-state index >= 15 is 0 Å². The SMILES string of the molecule is O=C1CC[C@](CCC(=O)N2CCCC[C@@H]2c2cccnc2)(Cc2ccc3c(c2)OCO3)N1. The first kappa shape index (κ1) is 20.8. The van der Waals surface area contributed by atoms with E-state index < -0.39 is 5.54 Å². The topological polar surface area (TPSA) is 80.8 Å². The van der Waals surface area contributed by atoms with Gasteiger partial charge in [-0.2, -0.15) is 0 Å². The molecule has 0 aliphatic carbocycles. The van der Waals surface area contributed by atoms with E-state index in [4.69, 9.17) is 9.47 Å². The Balaban J connectivity index is 1.29. The summed E-state index contributed by atoms with van der Waals surface area (Å²) in [6, 6.07) is 10.00. The molecule has 7 heteroatoms. The molecule has 3 aliphatic rings. The zero-order chi connectivity index (χ0) is 22.0. The van der Waals surface area contributed by atoms with Crippen molar-refractivity contribution >= 4 is 11.8 Å². The van der Waals surface area contributed by atoms with Crippen LogP contribution in [0.3, 0.4) is 0 Å². The predicted molar refractivity (Wildman–Crippen MR) is 118 cm³/mol. The fourth-order valence-electron chi connectivity index (χ4n) is 5.26. The molecule has 1 aromatic heterocycles. The number of rotatable bonds is 6. The zero-order valence-corrected chi connectivity index (χ0v) is 18.2. The lowest BCUT2D eigenvalue weighted by molar-refractivity contribution is -0.135. The molecule has 0 radical (unpaired) electrons. The van der Waals surface area contributed by atoms with Crippen LogP contribution in [0.2, 0.25) is 0 Å². The van der Waals surface area contributed by atoms with Gasteiger partial charge in [0, 0.05) is 37.3 Å². The highest BCUT2D eigenvalue weighted by Crippen LogP contribution is 2.37. The molecule has 3 aliphatic heterocycles. The van der Waals surface area contributed by atoms with Gasteiger partial charge in [0.15, 0.2) is 11.5 Å². The van der Waals surface area contributed by atoms with Crippen molar-refractivity contribution in [2.24, 2.45) is 0 Å². The van der Waals surface area contributed by atoms with Crippen molar-refractivity contribution in [3.63, 3.8) is 0 Å². The minimum atomic E-state index is -0.403. The largest absolute Gasteiger partial charge is 0.454 e. The highest BCUT2D eigenvalue weighted by molar-refractivity contribution is 5.80. The minimum Gasteiger partial charge on any atom is -0.454 e. The Bertz CT molecular complexity index is 996. The molecule has 0 saturated carbocycles. The average Bonchev–Trinajstić information content (AvgIpc) is 3.44. The van der Waals surface area contributed by atoms with Gasteiger partial charge in [0.1, 0.15) is 0 Å². The van der Waals surface area contributed by atoms with Gasteiger partial charge in [0.25, 0.3) is 0 Å². The molecule has 7 nitrogen and oxygen atoms in total. The van der Waals surface area contributed by atoms with Crippen molar-refractivity contribution < 1.29 is 19.1 Å². The minimum absolute atomic E-state index is 0.0596. The summed E-state index contributed by atoms with van der Waals surface area (Å²) in [5.74, 6) is 1.71. The van der Waals surface area contributed by atoms with Crippen LogP contribution in [-0.2, 0) is 16.0 Å². The number of hydrogen-bond donors (Lipinski definition) is 1. The van der Waals surface area contributed by atoms with Gasteiger partial charge in [-0.25, -0.2) is 0 Å². The van der Waals surface area contributed by atoms with Gasteiger partial charge in [-0.3, -0.25) is 14.6 Å². The van der Waals surface area contributed by atoms with Gasteiger partial charge >= 0.3 is 0 Å². The van der Waals surface area contributed by atoms with Crippen molar-refractivity contribution in [1.82, 2.24) is 15.2 Å². The van der Waals surface area contributed by atoms with E-state index in [-0.39, 0.29) is 24.6 Å². The second-order valence-electron chi connectivity index (χ2n) is 9.08. The number of carbonyl (C=O) groups excluding carboxylic acids is 2. The third-order valence-electron chi connectivity index (χ3n) is 6.92. The van der Waals surface area contributed by atoms with Gasteiger partial charge in [0.2, 0.25) is 18.6 Å². The molecule has 32 heavy (non-hydrogen) atoms. The maximum atomic E-state index is 13.3. The summed E-state index contributed by atoms with van der Waals surface area (Å²) in [6.07, 6.45) is 9.71. The number of fused-ring (bicyclic) bond motifs is 1. The summed E-state index contributed by atoms with van der Waals surface area (Å²) in [6.45, 7) is 1.02. The standard InChI is InChI=1S/C25H29N3O4/c29-23-8-10-25(27-23,15-18-6-7-21-22(14-18)32-17-31-21)11-9-24(30)28-13-2-1-5-20(28)19-4-3-12-26-16-19/h3-4,6-7,12,14,16,20H,1-2,5,8-11,13,15,17H2,(H,27,29)/t20-,25+/m1/s1. The number of amides is 2. The maximum absolute atomic E-state index is 13.3. The van der Waals surface area contributed by atoms with E-state index in [1.54, 1.807) is 6.20 Å². The predicted octanol–water partition coefficient (Wildman–Crippen LogP) is 3.54. The molecule has 168 valence electrons. The number of aromatic nitrogens is 1. The van der Waals surface area contributed by atoms with Crippen LogP contribution in [0.15, 0.2) is 42.7 Å². The van der Waals surface area contributed by atoms with Crippen molar-refractivity contribution in [1.29, 1.82) is 0 Å². The number of ether oxygens (including phenoxy) is 2. The molecule has 1 N–H and O–H groups in total. The molecular formula is C25H29N3O4. The van der Waals surface area contributed by atoms with Crippen molar-refractivity contribution in [3.8, 4) is 11.5 Å². The highest BCUT2D eigenvalue weighted by atomic mass is 16.7. The normalized spacial score (nSPS) is 24.4. The fourth-order valence-corrected chi connectivity index (χ4v) is 5.26. The fraction of sp³-hybridized carbons (Fsp3) is 0.480. The number of piperidine rings is 1. The van der Waals surface area contributed by atoms with E-state index in [9.17, 15) is 9.59 Å². The van der Waals surface area contributed by atoms with Crippen molar-refractivity contribution in [3.05, 3.63) is 53.9 Å². The van der Waals surface area contributed by atoms with Crippen LogP contribution in [0.1, 0.15) is 62.1 Å². The Morgan fingerprint density at radius 1 is 1.22 bits per heavy atom. The Morgan fingerprint density at radius 3 is 2.94 bits per heavy atom. The third-order valence-corrected chi connectivity index (χ3v) is 6.92. The maximum Gasteiger partial charge on any atom is 0.231 e. The van der Waals surface area contributed by atoms with Gasteiger partial charge in [-0.1, -0.05) is 12.1 Å². The Labute approximate surface area is 188 Å². The monoisotopic (exact) mass is 435 g/mol. The van der Waals surface area contributed by atoms with Crippen LogP contribution in [-0.4, -0.2) is 40.6 Å². The summed E-state index contributed by atoms with van der Waals surface area (Å²) in [4.78, 5) is 31.8. The van der Waals surface area contributed by atoms with Crippen molar-refractivity contribution in [2.75, 3.05) is 13.3 Å². The first-order valence-electron chi connectivity index (χ1n) is 11.5. The number of benzene rings is 1. The molecule has 2 atom stereocenters. The molecule has 2 fully saturated rings. The summed E-state index contributed by atoms with van der Waals surface area (Å²) in [5, 5.41) is 3.19. The molecule has 2 aromatic rings. The first-order chi connectivity index (χ1) is 15.6. The molecule has 2 saturated heterocycles. The van der Waals surface area contributed by atoms with Crippen LogP contribution in [0.5, 0.6) is 11.5 Å². The number of pyridine rings is 1. The lowest BCUT2D eigenvalue weighted by Crippen LogP contribution is -2.45. The molecular weight excluding hydrogens is 406 g/mol. The molecule has 0 bridgehead atoms. The van der Waals surface area contributed by atoms with E-state index in [2.05, 4.69) is 16.4 Å². The van der Waals surface area contributed by atoms with E-state index in [1.807, 2.05) is 35.4 Å². The summed E-state index contributed by atoms with van der Waals surface area (Å²) in [7, 11) is 0. The van der Waals surface area contributed by atoms with Crippen LogP contribution in [0.25, 0.3) is 0 Å². The van der Waals surface area contributed by atoms with Crippen LogP contribution in [0.4, 0.5) is 0 Å². The molecule has 4 heterocycles. The van der Waals surface area contributed by atoms with Gasteiger partial charge in [0.05, 0.1) is 6.04 Å². The number of hydrogen-bond acceptors (Lipinski definition) is 5. The number of likely N-dealkylation sites (tertiary alicyclic amines) is 1. The Kier molecular flexibility index (Phi) is 5.72. The molecule has 1 aromatic carbocycles. The summed E-state index contributed by atoms with van der Waals surface area (Å²) >= 11 is 0. The lowest BCUT2D eigenvalue weighted by Gasteiger charge is -2.37. The third kappa shape index (κ3) is 4.29. The van der Waals surface area contributed by atoms with E-state index in [0.29, 0.717) is 25.7 Å².